The van der Waals surface area contributed by atoms with Crippen LogP contribution in [0, 0.1) is 10.1 Å². The first kappa shape index (κ1) is 20.0. The molecule has 31 heavy (non-hydrogen) atoms. The fourth-order valence-corrected chi connectivity index (χ4v) is 3.33. The Morgan fingerprint density at radius 3 is 2.55 bits per heavy atom. The summed E-state index contributed by atoms with van der Waals surface area (Å²) in [7, 11) is 0. The average Bonchev–Trinajstić information content (AvgIpc) is 2.77. The molecular formula is C23H18N4O4. The molecule has 1 heterocycles. The number of nitro benzene ring substituents is 1. The molecule has 4 rings (SSSR count). The zero-order chi connectivity index (χ0) is 21.8. The van der Waals surface area contributed by atoms with Gasteiger partial charge in [0.25, 0.3) is 11.2 Å². The highest BCUT2D eigenvalue weighted by Gasteiger charge is 2.13. The van der Waals surface area contributed by atoms with E-state index in [0.717, 1.165) is 11.1 Å². The summed E-state index contributed by atoms with van der Waals surface area (Å²) in [4.78, 5) is 39.8. The molecule has 1 aromatic heterocycles. The fourth-order valence-electron chi connectivity index (χ4n) is 3.33. The number of hydrogen-bond acceptors (Lipinski definition) is 5. The van der Waals surface area contributed by atoms with E-state index in [1.165, 1.54) is 29.1 Å². The standard InChI is InChI=1S/C23H18N4O4/c28-22(25-20-9-5-4-8-17(20)12-16-6-2-1-3-7-16)14-26-15-24-21-13-18(27(30)31)10-11-19(21)23(26)29/h1-11,13,15H,12,14H2,(H,25,28). The first-order chi connectivity index (χ1) is 15.0. The molecule has 0 aliphatic rings. The van der Waals surface area contributed by atoms with E-state index in [2.05, 4.69) is 10.3 Å². The Morgan fingerprint density at radius 1 is 1.03 bits per heavy atom. The topological polar surface area (TPSA) is 107 Å². The van der Waals surface area contributed by atoms with E-state index in [1.54, 1.807) is 0 Å². The molecule has 0 fully saturated rings. The molecule has 0 unspecified atom stereocenters. The van der Waals surface area contributed by atoms with E-state index in [0.29, 0.717) is 12.1 Å². The van der Waals surface area contributed by atoms with Gasteiger partial charge < -0.3 is 5.32 Å². The summed E-state index contributed by atoms with van der Waals surface area (Å²) >= 11 is 0. The number of nitrogens with zero attached hydrogens (tertiary/aromatic N) is 3. The minimum Gasteiger partial charge on any atom is -0.324 e. The van der Waals surface area contributed by atoms with Crippen molar-refractivity contribution in [2.24, 2.45) is 0 Å². The van der Waals surface area contributed by atoms with Crippen LogP contribution in [0.3, 0.4) is 0 Å². The van der Waals surface area contributed by atoms with Crippen molar-refractivity contribution >= 4 is 28.2 Å². The van der Waals surface area contributed by atoms with E-state index in [-0.39, 0.29) is 29.0 Å². The maximum absolute atomic E-state index is 12.7. The zero-order valence-corrected chi connectivity index (χ0v) is 16.4. The second kappa shape index (κ2) is 8.58. The van der Waals surface area contributed by atoms with Crippen molar-refractivity contribution < 1.29 is 9.72 Å². The Kier molecular flexibility index (Phi) is 5.53. The predicted molar refractivity (Wildman–Crippen MR) is 117 cm³/mol. The first-order valence-corrected chi connectivity index (χ1v) is 9.56. The van der Waals surface area contributed by atoms with E-state index in [1.807, 2.05) is 54.6 Å². The number of carbonyl (C=O) groups excluding carboxylic acids is 1. The van der Waals surface area contributed by atoms with Crippen molar-refractivity contribution in [2.75, 3.05) is 5.32 Å². The van der Waals surface area contributed by atoms with Crippen LogP contribution in [-0.4, -0.2) is 20.4 Å². The molecule has 8 nitrogen and oxygen atoms in total. The fraction of sp³-hybridized carbons (Fsp3) is 0.0870. The number of non-ortho nitro benzene ring substituents is 1. The van der Waals surface area contributed by atoms with Gasteiger partial charge in [-0.05, 0) is 29.7 Å². The summed E-state index contributed by atoms with van der Waals surface area (Å²) < 4.78 is 1.18. The normalized spacial score (nSPS) is 10.7. The zero-order valence-electron chi connectivity index (χ0n) is 16.4. The summed E-state index contributed by atoms with van der Waals surface area (Å²) in [5.74, 6) is -0.370. The van der Waals surface area contributed by atoms with Crippen LogP contribution in [0.2, 0.25) is 0 Å². The van der Waals surface area contributed by atoms with Crippen LogP contribution >= 0.6 is 0 Å². The number of carbonyl (C=O) groups is 1. The number of benzene rings is 3. The number of nitro groups is 1. The number of rotatable bonds is 6. The van der Waals surface area contributed by atoms with Gasteiger partial charge in [0, 0.05) is 17.8 Å². The van der Waals surface area contributed by atoms with Gasteiger partial charge in [-0.1, -0.05) is 48.5 Å². The molecule has 0 radical (unpaired) electrons. The number of anilines is 1. The Balaban J connectivity index is 1.54. The van der Waals surface area contributed by atoms with Crippen LogP contribution in [0.5, 0.6) is 0 Å². The number of hydrogen-bond donors (Lipinski definition) is 1. The number of nitrogens with one attached hydrogen (secondary N) is 1. The van der Waals surface area contributed by atoms with E-state index in [9.17, 15) is 19.7 Å². The highest BCUT2D eigenvalue weighted by molar-refractivity contribution is 5.91. The van der Waals surface area contributed by atoms with Gasteiger partial charge in [-0.15, -0.1) is 0 Å². The molecular weight excluding hydrogens is 396 g/mol. The molecule has 8 heteroatoms. The van der Waals surface area contributed by atoms with Gasteiger partial charge in [0.05, 0.1) is 22.2 Å². The molecule has 3 aromatic carbocycles. The molecule has 4 aromatic rings. The van der Waals surface area contributed by atoms with Gasteiger partial charge in [-0.3, -0.25) is 24.3 Å². The summed E-state index contributed by atoms with van der Waals surface area (Å²) in [5.41, 5.74) is 2.38. The molecule has 0 aliphatic carbocycles. The lowest BCUT2D eigenvalue weighted by Crippen LogP contribution is -2.28. The van der Waals surface area contributed by atoms with Gasteiger partial charge in [0.15, 0.2) is 0 Å². The third-order valence-corrected chi connectivity index (χ3v) is 4.86. The van der Waals surface area contributed by atoms with Crippen molar-refractivity contribution in [3.05, 3.63) is 111 Å². The van der Waals surface area contributed by atoms with E-state index >= 15 is 0 Å². The Morgan fingerprint density at radius 2 is 1.77 bits per heavy atom. The Hall–Kier alpha value is -4.33. The highest BCUT2D eigenvalue weighted by atomic mass is 16.6. The SMILES string of the molecule is O=C(Cn1cnc2cc([N+](=O)[O-])ccc2c1=O)Nc1ccccc1Cc1ccccc1. The largest absolute Gasteiger partial charge is 0.324 e. The smallest absolute Gasteiger partial charge is 0.271 e. The van der Waals surface area contributed by atoms with Crippen molar-refractivity contribution in [1.29, 1.82) is 0 Å². The minimum atomic E-state index is -0.549. The van der Waals surface area contributed by atoms with Crippen LogP contribution in [0.15, 0.2) is 83.9 Å². The summed E-state index contributed by atoms with van der Waals surface area (Å²) in [5, 5.41) is 14.0. The van der Waals surface area contributed by atoms with Gasteiger partial charge in [-0.25, -0.2) is 4.98 Å². The lowest BCUT2D eigenvalue weighted by molar-refractivity contribution is -0.384. The minimum absolute atomic E-state index is 0.148. The molecule has 0 bridgehead atoms. The summed E-state index contributed by atoms with van der Waals surface area (Å²) in [6.45, 7) is -0.224. The van der Waals surface area contributed by atoms with Gasteiger partial charge in [-0.2, -0.15) is 0 Å². The van der Waals surface area contributed by atoms with Crippen LogP contribution in [-0.2, 0) is 17.8 Å². The predicted octanol–water partition coefficient (Wildman–Crippen LogP) is 3.53. The molecule has 1 N–H and O–H groups in total. The third-order valence-electron chi connectivity index (χ3n) is 4.86. The summed E-state index contributed by atoms with van der Waals surface area (Å²) in [6.07, 6.45) is 1.89. The second-order valence-corrected chi connectivity index (χ2v) is 7.00. The number of amides is 1. The van der Waals surface area contributed by atoms with Crippen LogP contribution < -0.4 is 10.9 Å². The van der Waals surface area contributed by atoms with Crippen molar-refractivity contribution in [3.63, 3.8) is 0 Å². The molecule has 154 valence electrons. The molecule has 0 aliphatic heterocycles. The maximum atomic E-state index is 12.7. The van der Waals surface area contributed by atoms with Gasteiger partial charge >= 0.3 is 0 Å². The lowest BCUT2D eigenvalue weighted by Gasteiger charge is -2.12. The Bertz CT molecular complexity index is 1330. The van der Waals surface area contributed by atoms with Gasteiger partial charge in [0.1, 0.15) is 6.54 Å². The van der Waals surface area contributed by atoms with E-state index in [4.69, 9.17) is 0 Å². The average molecular weight is 414 g/mol. The molecule has 0 spiro atoms. The second-order valence-electron chi connectivity index (χ2n) is 7.00. The Labute approximate surface area is 176 Å². The van der Waals surface area contributed by atoms with E-state index < -0.39 is 10.5 Å². The molecule has 0 atom stereocenters. The van der Waals surface area contributed by atoms with Crippen molar-refractivity contribution in [1.82, 2.24) is 9.55 Å². The maximum Gasteiger partial charge on any atom is 0.271 e. The highest BCUT2D eigenvalue weighted by Crippen LogP contribution is 2.19. The summed E-state index contributed by atoms with van der Waals surface area (Å²) in [6, 6.07) is 21.2. The van der Waals surface area contributed by atoms with Gasteiger partial charge in [0.2, 0.25) is 5.91 Å². The quantitative estimate of drug-likeness (QED) is 0.384. The first-order valence-electron chi connectivity index (χ1n) is 9.56. The van der Waals surface area contributed by atoms with Crippen molar-refractivity contribution in [2.45, 2.75) is 13.0 Å². The van der Waals surface area contributed by atoms with Crippen LogP contribution in [0.1, 0.15) is 11.1 Å². The van der Waals surface area contributed by atoms with Crippen LogP contribution in [0.4, 0.5) is 11.4 Å². The molecule has 0 saturated heterocycles. The molecule has 0 saturated carbocycles. The lowest BCUT2D eigenvalue weighted by atomic mass is 10.0. The molecule has 1 amide bonds. The third kappa shape index (κ3) is 4.48. The van der Waals surface area contributed by atoms with Crippen molar-refractivity contribution in [3.8, 4) is 0 Å². The number of para-hydroxylation sites is 1. The monoisotopic (exact) mass is 414 g/mol. The van der Waals surface area contributed by atoms with Crippen LogP contribution in [0.25, 0.3) is 10.9 Å². The number of aromatic nitrogens is 2. The number of fused-ring (bicyclic) bond motifs is 1.